The molecular weight excluding hydrogens is 247 g/mol. The van der Waals surface area contributed by atoms with E-state index in [-0.39, 0.29) is 11.9 Å². The number of rotatable bonds is 4. The van der Waals surface area contributed by atoms with Crippen molar-refractivity contribution in [2.45, 2.75) is 26.8 Å². The van der Waals surface area contributed by atoms with Crippen LogP contribution in [0.2, 0.25) is 0 Å². The minimum Gasteiger partial charge on any atom is -0.305 e. The highest BCUT2D eigenvalue weighted by atomic mass is 32.1. The smallest absolute Gasteiger partial charge is 0.123 e. The monoisotopic (exact) mass is 264 g/mol. The Hall–Kier alpha value is -1.26. The van der Waals surface area contributed by atoms with Gasteiger partial charge < -0.3 is 5.32 Å². The Morgan fingerprint density at radius 3 is 2.67 bits per heavy atom. The largest absolute Gasteiger partial charge is 0.305 e. The number of nitrogens with zero attached hydrogens (tertiary/aromatic N) is 1. The van der Waals surface area contributed by atoms with E-state index >= 15 is 0 Å². The van der Waals surface area contributed by atoms with Gasteiger partial charge in [-0.25, -0.2) is 9.37 Å². The van der Waals surface area contributed by atoms with Crippen molar-refractivity contribution in [3.05, 3.63) is 51.2 Å². The van der Waals surface area contributed by atoms with E-state index in [1.807, 2.05) is 32.2 Å². The summed E-state index contributed by atoms with van der Waals surface area (Å²) in [6, 6.07) is 5.09. The molecule has 0 aliphatic heterocycles. The van der Waals surface area contributed by atoms with Crippen molar-refractivity contribution >= 4 is 11.3 Å². The van der Waals surface area contributed by atoms with Gasteiger partial charge in [0.15, 0.2) is 0 Å². The van der Waals surface area contributed by atoms with Gasteiger partial charge in [0.1, 0.15) is 5.82 Å². The van der Waals surface area contributed by atoms with E-state index in [1.165, 1.54) is 0 Å². The molecule has 2 nitrogen and oxygen atoms in total. The van der Waals surface area contributed by atoms with Crippen molar-refractivity contribution in [2.75, 3.05) is 6.54 Å². The third kappa shape index (κ3) is 2.94. The summed E-state index contributed by atoms with van der Waals surface area (Å²) in [6.07, 6.45) is 0. The van der Waals surface area contributed by atoms with Crippen molar-refractivity contribution in [3.63, 3.8) is 0 Å². The lowest BCUT2D eigenvalue weighted by atomic mass is 10.0. The van der Waals surface area contributed by atoms with Gasteiger partial charge in [-0.3, -0.25) is 0 Å². The zero-order valence-corrected chi connectivity index (χ0v) is 11.6. The molecule has 1 atom stereocenters. The van der Waals surface area contributed by atoms with Crippen LogP contribution in [0.15, 0.2) is 23.6 Å². The molecule has 0 spiro atoms. The van der Waals surface area contributed by atoms with Crippen molar-refractivity contribution < 1.29 is 4.39 Å². The maximum absolute atomic E-state index is 13.5. The number of aromatic nitrogens is 1. The summed E-state index contributed by atoms with van der Waals surface area (Å²) < 4.78 is 13.5. The number of aryl methyl sites for hydroxylation is 2. The van der Waals surface area contributed by atoms with Crippen LogP contribution >= 0.6 is 11.3 Å². The minimum absolute atomic E-state index is 0.0330. The van der Waals surface area contributed by atoms with E-state index < -0.39 is 0 Å². The third-order valence-electron chi connectivity index (χ3n) is 2.74. The zero-order chi connectivity index (χ0) is 13.1. The lowest BCUT2D eigenvalue weighted by Gasteiger charge is -2.17. The van der Waals surface area contributed by atoms with Gasteiger partial charge >= 0.3 is 0 Å². The fourth-order valence-corrected chi connectivity index (χ4v) is 2.68. The van der Waals surface area contributed by atoms with Crippen LogP contribution in [0.3, 0.4) is 0 Å². The molecule has 0 fully saturated rings. The highest BCUT2D eigenvalue weighted by Gasteiger charge is 2.16. The molecule has 1 aromatic heterocycles. The Morgan fingerprint density at radius 1 is 1.33 bits per heavy atom. The number of halogens is 1. The molecule has 1 N–H and O–H groups in total. The molecule has 0 amide bonds. The number of nitrogens with one attached hydrogen (secondary N) is 1. The molecule has 0 aliphatic rings. The summed E-state index contributed by atoms with van der Waals surface area (Å²) in [7, 11) is 0. The Bertz CT molecular complexity index is 516. The Labute approximate surface area is 111 Å². The molecule has 18 heavy (non-hydrogen) atoms. The first-order chi connectivity index (χ1) is 8.60. The molecule has 0 bridgehead atoms. The Balaban J connectivity index is 2.40. The second-order valence-electron chi connectivity index (χ2n) is 4.34. The lowest BCUT2D eigenvalue weighted by Crippen LogP contribution is -2.22. The Kier molecular flexibility index (Phi) is 4.09. The number of hydrogen-bond acceptors (Lipinski definition) is 3. The van der Waals surface area contributed by atoms with Crippen LogP contribution in [-0.2, 0) is 0 Å². The molecule has 2 aromatic rings. The van der Waals surface area contributed by atoms with E-state index in [2.05, 4.69) is 10.3 Å². The SMILES string of the molecule is CCNC(c1cc(C)cc(F)c1)c1csc(C)n1. The average molecular weight is 264 g/mol. The maximum Gasteiger partial charge on any atom is 0.123 e. The van der Waals surface area contributed by atoms with Gasteiger partial charge in [-0.2, -0.15) is 0 Å². The van der Waals surface area contributed by atoms with Gasteiger partial charge in [0, 0.05) is 5.38 Å². The van der Waals surface area contributed by atoms with Crippen molar-refractivity contribution in [2.24, 2.45) is 0 Å². The molecule has 0 aliphatic carbocycles. The molecule has 0 radical (unpaired) electrons. The first-order valence-corrected chi connectivity index (χ1v) is 6.90. The summed E-state index contributed by atoms with van der Waals surface area (Å²) in [6.45, 7) is 6.74. The van der Waals surface area contributed by atoms with Crippen molar-refractivity contribution in [1.29, 1.82) is 0 Å². The highest BCUT2D eigenvalue weighted by molar-refractivity contribution is 7.09. The van der Waals surface area contributed by atoms with Crippen LogP contribution in [0.4, 0.5) is 4.39 Å². The van der Waals surface area contributed by atoms with Crippen molar-refractivity contribution in [1.82, 2.24) is 10.3 Å². The molecule has 0 saturated heterocycles. The molecule has 1 aromatic carbocycles. The first kappa shape index (κ1) is 13.2. The summed E-state index contributed by atoms with van der Waals surface area (Å²) >= 11 is 1.62. The van der Waals surface area contributed by atoms with Crippen LogP contribution in [0.25, 0.3) is 0 Å². The summed E-state index contributed by atoms with van der Waals surface area (Å²) in [5.74, 6) is -0.195. The van der Waals surface area contributed by atoms with Gasteiger partial charge in [0.25, 0.3) is 0 Å². The molecule has 2 rings (SSSR count). The number of benzene rings is 1. The fraction of sp³-hybridized carbons (Fsp3) is 0.357. The van der Waals surface area contributed by atoms with Gasteiger partial charge in [-0.15, -0.1) is 11.3 Å². The van der Waals surface area contributed by atoms with Crippen LogP contribution in [-0.4, -0.2) is 11.5 Å². The van der Waals surface area contributed by atoms with Crippen LogP contribution in [0.5, 0.6) is 0 Å². The van der Waals surface area contributed by atoms with E-state index in [9.17, 15) is 4.39 Å². The quantitative estimate of drug-likeness (QED) is 0.912. The predicted octanol–water partition coefficient (Wildman–Crippen LogP) is 3.60. The number of thiazole rings is 1. The topological polar surface area (TPSA) is 24.9 Å². The average Bonchev–Trinajstić information content (AvgIpc) is 2.71. The summed E-state index contributed by atoms with van der Waals surface area (Å²) in [5, 5.41) is 6.42. The van der Waals surface area contributed by atoms with E-state index in [0.29, 0.717) is 0 Å². The van der Waals surface area contributed by atoms with E-state index in [1.54, 1.807) is 23.5 Å². The standard InChI is InChI=1S/C14H17FN2S/c1-4-16-14(13-8-18-10(3)17-13)11-5-9(2)6-12(15)7-11/h5-8,14,16H,4H2,1-3H3. The normalized spacial score (nSPS) is 12.7. The molecule has 1 heterocycles. The lowest BCUT2D eigenvalue weighted by molar-refractivity contribution is 0.595. The van der Waals surface area contributed by atoms with Crippen molar-refractivity contribution in [3.8, 4) is 0 Å². The zero-order valence-electron chi connectivity index (χ0n) is 10.8. The van der Waals surface area contributed by atoms with E-state index in [4.69, 9.17) is 0 Å². The second kappa shape index (κ2) is 5.59. The van der Waals surface area contributed by atoms with Gasteiger partial charge in [-0.1, -0.05) is 13.0 Å². The predicted molar refractivity (Wildman–Crippen MR) is 73.5 cm³/mol. The van der Waals surface area contributed by atoms with Gasteiger partial charge in [-0.05, 0) is 43.7 Å². The highest BCUT2D eigenvalue weighted by Crippen LogP contribution is 2.25. The molecule has 4 heteroatoms. The van der Waals surface area contributed by atoms with Crippen LogP contribution in [0, 0.1) is 19.7 Å². The molecular formula is C14H17FN2S. The second-order valence-corrected chi connectivity index (χ2v) is 5.41. The molecule has 1 unspecified atom stereocenters. The third-order valence-corrected chi connectivity index (χ3v) is 3.53. The number of hydrogen-bond donors (Lipinski definition) is 1. The first-order valence-electron chi connectivity index (χ1n) is 6.02. The van der Waals surface area contributed by atoms with Gasteiger partial charge in [0.05, 0.1) is 16.7 Å². The summed E-state index contributed by atoms with van der Waals surface area (Å²) in [5.41, 5.74) is 2.82. The van der Waals surface area contributed by atoms with Crippen LogP contribution in [0.1, 0.15) is 34.8 Å². The van der Waals surface area contributed by atoms with E-state index in [0.717, 1.165) is 28.4 Å². The van der Waals surface area contributed by atoms with Crippen LogP contribution < -0.4 is 5.32 Å². The fourth-order valence-electron chi connectivity index (χ4n) is 2.04. The molecule has 0 saturated carbocycles. The Morgan fingerprint density at radius 2 is 2.11 bits per heavy atom. The summed E-state index contributed by atoms with van der Waals surface area (Å²) in [4.78, 5) is 4.50. The van der Waals surface area contributed by atoms with Gasteiger partial charge in [0.2, 0.25) is 0 Å². The maximum atomic E-state index is 13.5. The molecule has 96 valence electrons. The minimum atomic E-state index is -0.195.